The van der Waals surface area contributed by atoms with E-state index in [2.05, 4.69) is 34.9 Å². The number of carbonyl (C=O) groups excluding carboxylic acids is 2. The summed E-state index contributed by atoms with van der Waals surface area (Å²) in [6, 6.07) is 19.6. The molecule has 5 nitrogen and oxygen atoms in total. The summed E-state index contributed by atoms with van der Waals surface area (Å²) in [6.45, 7) is 0.196. The molecule has 0 heterocycles. The molecule has 2 aromatic rings. The second kappa shape index (κ2) is 8.10. The van der Waals surface area contributed by atoms with Crippen molar-refractivity contribution in [3.63, 3.8) is 0 Å². The zero-order chi connectivity index (χ0) is 16.7. The Morgan fingerprint density at radius 3 is 1.87 bits per heavy atom. The van der Waals surface area contributed by atoms with E-state index in [1.54, 1.807) is 0 Å². The SMILES string of the molecule is CNC(=O)NC(=O)C[NH+](C)C(c1ccccc1)c1ccccc1. The maximum Gasteiger partial charge on any atom is 0.321 e. The fraction of sp³-hybridized carbons (Fsp3) is 0.222. The van der Waals surface area contributed by atoms with Crippen molar-refractivity contribution in [1.29, 1.82) is 0 Å². The summed E-state index contributed by atoms with van der Waals surface area (Å²) >= 11 is 0. The van der Waals surface area contributed by atoms with Gasteiger partial charge in [-0.25, -0.2) is 4.79 Å². The Kier molecular flexibility index (Phi) is 5.88. The summed E-state index contributed by atoms with van der Waals surface area (Å²) < 4.78 is 0. The number of imide groups is 1. The van der Waals surface area contributed by atoms with Crippen LogP contribution in [0.2, 0.25) is 0 Å². The van der Waals surface area contributed by atoms with Gasteiger partial charge in [0.2, 0.25) is 0 Å². The second-order valence-corrected chi connectivity index (χ2v) is 5.40. The molecule has 3 amide bonds. The fourth-order valence-corrected chi connectivity index (χ4v) is 2.64. The van der Waals surface area contributed by atoms with E-state index in [1.807, 2.05) is 43.4 Å². The molecule has 23 heavy (non-hydrogen) atoms. The van der Waals surface area contributed by atoms with E-state index in [0.717, 1.165) is 16.0 Å². The molecule has 1 unspecified atom stereocenters. The van der Waals surface area contributed by atoms with E-state index in [9.17, 15) is 9.59 Å². The molecule has 120 valence electrons. The lowest BCUT2D eigenvalue weighted by Crippen LogP contribution is -3.10. The highest BCUT2D eigenvalue weighted by Gasteiger charge is 2.25. The summed E-state index contributed by atoms with van der Waals surface area (Å²) in [7, 11) is 3.43. The van der Waals surface area contributed by atoms with Crippen LogP contribution in [0.3, 0.4) is 0 Å². The molecule has 0 bridgehead atoms. The van der Waals surface area contributed by atoms with Gasteiger partial charge in [-0.1, -0.05) is 60.7 Å². The van der Waals surface area contributed by atoms with Crippen molar-refractivity contribution in [3.8, 4) is 0 Å². The summed E-state index contributed by atoms with van der Waals surface area (Å²) in [5.41, 5.74) is 2.26. The zero-order valence-electron chi connectivity index (χ0n) is 13.4. The van der Waals surface area contributed by atoms with Crippen LogP contribution in [0.1, 0.15) is 17.2 Å². The maximum absolute atomic E-state index is 12.0. The van der Waals surface area contributed by atoms with E-state index >= 15 is 0 Å². The van der Waals surface area contributed by atoms with Crippen molar-refractivity contribution in [2.24, 2.45) is 0 Å². The van der Waals surface area contributed by atoms with Gasteiger partial charge < -0.3 is 10.2 Å². The average molecular weight is 312 g/mol. The Bertz CT molecular complexity index is 604. The molecule has 0 saturated carbocycles. The number of quaternary nitrogens is 1. The highest BCUT2D eigenvalue weighted by Crippen LogP contribution is 2.18. The lowest BCUT2D eigenvalue weighted by molar-refractivity contribution is -0.898. The first kappa shape index (κ1) is 16.7. The van der Waals surface area contributed by atoms with Crippen LogP contribution in [0.5, 0.6) is 0 Å². The summed E-state index contributed by atoms with van der Waals surface area (Å²) in [5, 5.41) is 4.69. The molecule has 0 radical (unpaired) electrons. The number of hydrogen-bond donors (Lipinski definition) is 3. The largest absolute Gasteiger partial charge is 0.341 e. The van der Waals surface area contributed by atoms with Crippen molar-refractivity contribution in [1.82, 2.24) is 10.6 Å². The molecule has 0 saturated heterocycles. The highest BCUT2D eigenvalue weighted by molar-refractivity contribution is 5.94. The van der Waals surface area contributed by atoms with Crippen LogP contribution in [-0.2, 0) is 4.79 Å². The average Bonchev–Trinajstić information content (AvgIpc) is 2.56. The smallest absolute Gasteiger partial charge is 0.321 e. The summed E-state index contributed by atoms with van der Waals surface area (Å²) in [6.07, 6.45) is 0. The fourth-order valence-electron chi connectivity index (χ4n) is 2.64. The van der Waals surface area contributed by atoms with E-state index in [0.29, 0.717) is 0 Å². The van der Waals surface area contributed by atoms with Gasteiger partial charge in [-0.15, -0.1) is 0 Å². The third-order valence-corrected chi connectivity index (χ3v) is 3.68. The van der Waals surface area contributed by atoms with Crippen LogP contribution < -0.4 is 15.5 Å². The van der Waals surface area contributed by atoms with Gasteiger partial charge in [-0.3, -0.25) is 10.1 Å². The lowest BCUT2D eigenvalue weighted by Gasteiger charge is -2.25. The van der Waals surface area contributed by atoms with E-state index in [1.165, 1.54) is 7.05 Å². The Balaban J connectivity index is 2.21. The van der Waals surface area contributed by atoms with E-state index in [-0.39, 0.29) is 18.5 Å². The first-order valence-electron chi connectivity index (χ1n) is 7.55. The van der Waals surface area contributed by atoms with Gasteiger partial charge in [0.1, 0.15) is 6.04 Å². The number of nitrogens with one attached hydrogen (secondary N) is 3. The molecule has 0 aliphatic carbocycles. The number of rotatable bonds is 5. The number of amides is 3. The molecule has 1 atom stereocenters. The Morgan fingerprint density at radius 2 is 1.43 bits per heavy atom. The molecule has 0 aliphatic rings. The van der Waals surface area contributed by atoms with Crippen molar-refractivity contribution in [3.05, 3.63) is 71.8 Å². The van der Waals surface area contributed by atoms with E-state index in [4.69, 9.17) is 0 Å². The molecule has 0 aliphatic heterocycles. The topological polar surface area (TPSA) is 62.6 Å². The van der Waals surface area contributed by atoms with Crippen LogP contribution in [-0.4, -0.2) is 32.6 Å². The standard InChI is InChI=1S/C18H21N3O2/c1-19-18(23)20-16(22)13-21(2)17(14-9-5-3-6-10-14)15-11-7-4-8-12-15/h3-12,17H,13H2,1-2H3,(H2,19,20,22,23)/p+1. The Morgan fingerprint density at radius 1 is 0.957 bits per heavy atom. The molecule has 2 rings (SSSR count). The van der Waals surface area contributed by atoms with Gasteiger partial charge in [0.15, 0.2) is 6.54 Å². The van der Waals surface area contributed by atoms with Gasteiger partial charge in [0, 0.05) is 18.2 Å². The second-order valence-electron chi connectivity index (χ2n) is 5.40. The van der Waals surface area contributed by atoms with Crippen LogP contribution in [0.4, 0.5) is 4.79 Å². The summed E-state index contributed by atoms with van der Waals surface area (Å²) in [5.74, 6) is -0.307. The van der Waals surface area contributed by atoms with Gasteiger partial charge in [-0.2, -0.15) is 0 Å². The lowest BCUT2D eigenvalue weighted by atomic mass is 9.97. The van der Waals surface area contributed by atoms with Gasteiger partial charge in [0.05, 0.1) is 7.05 Å². The Hall–Kier alpha value is -2.66. The van der Waals surface area contributed by atoms with Crippen LogP contribution >= 0.6 is 0 Å². The van der Waals surface area contributed by atoms with Crippen LogP contribution in [0, 0.1) is 0 Å². The molecule has 5 heteroatoms. The highest BCUT2D eigenvalue weighted by atomic mass is 16.2. The minimum atomic E-state index is -0.487. The molecule has 2 aromatic carbocycles. The predicted molar refractivity (Wildman–Crippen MR) is 89.1 cm³/mol. The first-order valence-corrected chi connectivity index (χ1v) is 7.55. The molecular weight excluding hydrogens is 290 g/mol. The third-order valence-electron chi connectivity index (χ3n) is 3.68. The predicted octanol–water partition coefficient (Wildman–Crippen LogP) is 0.746. The van der Waals surface area contributed by atoms with Crippen molar-refractivity contribution in [2.75, 3.05) is 20.6 Å². The first-order chi connectivity index (χ1) is 11.1. The van der Waals surface area contributed by atoms with Crippen molar-refractivity contribution < 1.29 is 14.5 Å². The van der Waals surface area contributed by atoms with Gasteiger partial charge in [0.25, 0.3) is 5.91 Å². The van der Waals surface area contributed by atoms with Crippen molar-refractivity contribution >= 4 is 11.9 Å². The number of carbonyl (C=O) groups is 2. The van der Waals surface area contributed by atoms with Gasteiger partial charge in [-0.05, 0) is 0 Å². The normalized spacial score (nSPS) is 11.8. The molecule has 0 fully saturated rings. The quantitative estimate of drug-likeness (QED) is 0.763. The van der Waals surface area contributed by atoms with E-state index < -0.39 is 6.03 Å². The summed E-state index contributed by atoms with van der Waals surface area (Å²) in [4.78, 5) is 24.2. The third kappa shape index (κ3) is 4.66. The number of hydrogen-bond acceptors (Lipinski definition) is 2. The minimum Gasteiger partial charge on any atom is -0.341 e. The maximum atomic E-state index is 12.0. The van der Waals surface area contributed by atoms with Crippen molar-refractivity contribution in [2.45, 2.75) is 6.04 Å². The molecular formula is C18H22N3O2+. The van der Waals surface area contributed by atoms with Crippen LogP contribution in [0.25, 0.3) is 0 Å². The molecule has 0 aromatic heterocycles. The monoisotopic (exact) mass is 312 g/mol. The molecule has 0 spiro atoms. The number of likely N-dealkylation sites (N-methyl/N-ethyl adjacent to an activating group) is 1. The van der Waals surface area contributed by atoms with Gasteiger partial charge >= 0.3 is 6.03 Å². The number of urea groups is 1. The van der Waals surface area contributed by atoms with Crippen LogP contribution in [0.15, 0.2) is 60.7 Å². The minimum absolute atomic E-state index is 0.0211. The zero-order valence-corrected chi connectivity index (χ0v) is 13.4. The molecule has 3 N–H and O–H groups in total. The number of benzene rings is 2. The Labute approximate surface area is 136 Å².